The van der Waals surface area contributed by atoms with E-state index >= 15 is 0 Å². The van der Waals surface area contributed by atoms with E-state index in [2.05, 4.69) is 10.1 Å². The minimum absolute atomic E-state index is 0.0340. The van der Waals surface area contributed by atoms with Crippen molar-refractivity contribution in [2.45, 2.75) is 40.0 Å². The number of esters is 1. The zero-order valence-corrected chi connectivity index (χ0v) is 12.9. The van der Waals surface area contributed by atoms with Crippen LogP contribution < -0.4 is 5.32 Å². The van der Waals surface area contributed by atoms with Gasteiger partial charge in [-0.3, -0.25) is 14.4 Å². The predicted molar refractivity (Wildman–Crippen MR) is 76.0 cm³/mol. The van der Waals surface area contributed by atoms with E-state index < -0.39 is 0 Å². The Labute approximate surface area is 120 Å². The molecule has 0 saturated heterocycles. The van der Waals surface area contributed by atoms with Crippen LogP contribution in [-0.2, 0) is 19.1 Å². The lowest BCUT2D eigenvalue weighted by molar-refractivity contribution is -0.141. The van der Waals surface area contributed by atoms with Crippen molar-refractivity contribution in [2.75, 3.05) is 26.7 Å². The molecule has 0 unspecified atom stereocenters. The van der Waals surface area contributed by atoms with Crippen molar-refractivity contribution >= 4 is 17.8 Å². The highest BCUT2D eigenvalue weighted by Gasteiger charge is 2.16. The highest BCUT2D eigenvalue weighted by Crippen LogP contribution is 2.06. The minimum atomic E-state index is -0.325. The number of ether oxygens (including phenoxy) is 1. The number of hydrogen-bond acceptors (Lipinski definition) is 4. The SMILES string of the molecule is COC(=O)CCN(CCCNC(C)=O)C(=O)CC(C)C. The van der Waals surface area contributed by atoms with Crippen LogP contribution in [0.3, 0.4) is 0 Å². The Bertz CT molecular complexity index is 329. The second-order valence-corrected chi connectivity index (χ2v) is 5.14. The summed E-state index contributed by atoms with van der Waals surface area (Å²) in [6.45, 7) is 6.83. The molecule has 0 atom stereocenters. The van der Waals surface area contributed by atoms with Crippen LogP contribution >= 0.6 is 0 Å². The van der Waals surface area contributed by atoms with E-state index in [1.165, 1.54) is 14.0 Å². The normalized spacial score (nSPS) is 10.2. The molecule has 6 heteroatoms. The summed E-state index contributed by atoms with van der Waals surface area (Å²) in [5.41, 5.74) is 0. The van der Waals surface area contributed by atoms with Gasteiger partial charge in [0, 0.05) is 33.0 Å². The minimum Gasteiger partial charge on any atom is -0.469 e. The van der Waals surface area contributed by atoms with Crippen molar-refractivity contribution in [3.63, 3.8) is 0 Å². The van der Waals surface area contributed by atoms with Crippen molar-refractivity contribution in [3.05, 3.63) is 0 Å². The summed E-state index contributed by atoms with van der Waals surface area (Å²) in [6.07, 6.45) is 1.33. The van der Waals surface area contributed by atoms with E-state index in [1.54, 1.807) is 4.90 Å². The molecule has 0 heterocycles. The van der Waals surface area contributed by atoms with Crippen LogP contribution in [0.1, 0.15) is 40.0 Å². The fourth-order valence-corrected chi connectivity index (χ4v) is 1.70. The molecule has 116 valence electrons. The molecule has 0 aliphatic rings. The van der Waals surface area contributed by atoms with E-state index in [-0.39, 0.29) is 30.1 Å². The molecule has 2 amide bonds. The molecule has 0 aromatic heterocycles. The van der Waals surface area contributed by atoms with E-state index in [9.17, 15) is 14.4 Å². The molecule has 0 bridgehead atoms. The van der Waals surface area contributed by atoms with Gasteiger partial charge >= 0.3 is 5.97 Å². The van der Waals surface area contributed by atoms with Gasteiger partial charge in [0.1, 0.15) is 0 Å². The molecule has 0 spiro atoms. The molecular formula is C14H26N2O4. The summed E-state index contributed by atoms with van der Waals surface area (Å²) in [4.78, 5) is 35.7. The Morgan fingerprint density at radius 1 is 1.20 bits per heavy atom. The maximum atomic E-state index is 12.1. The summed E-state index contributed by atoms with van der Waals surface area (Å²) >= 11 is 0. The van der Waals surface area contributed by atoms with Crippen molar-refractivity contribution < 1.29 is 19.1 Å². The molecule has 0 saturated carbocycles. The van der Waals surface area contributed by atoms with Gasteiger partial charge in [-0.25, -0.2) is 0 Å². The maximum Gasteiger partial charge on any atom is 0.307 e. The van der Waals surface area contributed by atoms with Gasteiger partial charge in [0.05, 0.1) is 13.5 Å². The van der Waals surface area contributed by atoms with E-state index in [4.69, 9.17) is 0 Å². The topological polar surface area (TPSA) is 75.7 Å². The summed E-state index contributed by atoms with van der Waals surface area (Å²) in [7, 11) is 1.33. The maximum absolute atomic E-state index is 12.1. The van der Waals surface area contributed by atoms with Gasteiger partial charge in [0.2, 0.25) is 11.8 Å². The summed E-state index contributed by atoms with van der Waals surface area (Å²) < 4.78 is 4.58. The van der Waals surface area contributed by atoms with E-state index in [1.807, 2.05) is 13.8 Å². The second kappa shape index (κ2) is 10.2. The number of carbonyl (C=O) groups is 3. The molecule has 0 fully saturated rings. The Kier molecular flexibility index (Phi) is 9.41. The van der Waals surface area contributed by atoms with E-state index in [0.29, 0.717) is 32.5 Å². The number of amides is 2. The van der Waals surface area contributed by atoms with Crippen LogP contribution in [0, 0.1) is 5.92 Å². The molecule has 0 aromatic rings. The fraction of sp³-hybridized carbons (Fsp3) is 0.786. The molecule has 0 aromatic carbocycles. The molecule has 20 heavy (non-hydrogen) atoms. The van der Waals surface area contributed by atoms with Crippen LogP contribution in [-0.4, -0.2) is 49.4 Å². The Morgan fingerprint density at radius 3 is 2.35 bits per heavy atom. The third-order valence-corrected chi connectivity index (χ3v) is 2.73. The Hall–Kier alpha value is -1.59. The number of nitrogens with one attached hydrogen (secondary N) is 1. The van der Waals surface area contributed by atoms with Crippen molar-refractivity contribution in [2.24, 2.45) is 5.92 Å². The molecule has 0 radical (unpaired) electrons. The van der Waals surface area contributed by atoms with Crippen molar-refractivity contribution in [3.8, 4) is 0 Å². The molecule has 0 aliphatic heterocycles. The second-order valence-electron chi connectivity index (χ2n) is 5.14. The summed E-state index contributed by atoms with van der Waals surface area (Å²) in [5.74, 6) is -0.0981. The number of hydrogen-bond donors (Lipinski definition) is 1. The zero-order valence-electron chi connectivity index (χ0n) is 12.9. The van der Waals surface area contributed by atoms with Gasteiger partial charge in [-0.2, -0.15) is 0 Å². The van der Waals surface area contributed by atoms with Crippen LogP contribution in [0.5, 0.6) is 0 Å². The zero-order chi connectivity index (χ0) is 15.5. The summed E-state index contributed by atoms with van der Waals surface area (Å²) in [5, 5.41) is 2.69. The van der Waals surface area contributed by atoms with Crippen molar-refractivity contribution in [1.29, 1.82) is 0 Å². The lowest BCUT2D eigenvalue weighted by Gasteiger charge is -2.23. The summed E-state index contributed by atoms with van der Waals surface area (Å²) in [6, 6.07) is 0. The largest absolute Gasteiger partial charge is 0.469 e. The number of methoxy groups -OCH3 is 1. The third kappa shape index (κ3) is 9.35. The molecular weight excluding hydrogens is 260 g/mol. The third-order valence-electron chi connectivity index (χ3n) is 2.73. The fourth-order valence-electron chi connectivity index (χ4n) is 1.70. The van der Waals surface area contributed by atoms with Gasteiger partial charge in [0.25, 0.3) is 0 Å². The average Bonchev–Trinajstić information content (AvgIpc) is 2.35. The molecule has 0 aliphatic carbocycles. The average molecular weight is 286 g/mol. The van der Waals surface area contributed by atoms with Gasteiger partial charge < -0.3 is 15.0 Å². The molecule has 1 N–H and O–H groups in total. The van der Waals surface area contributed by atoms with Gasteiger partial charge in [-0.05, 0) is 12.3 Å². The Balaban J connectivity index is 4.26. The highest BCUT2D eigenvalue weighted by molar-refractivity contribution is 5.77. The molecule has 0 rings (SSSR count). The van der Waals surface area contributed by atoms with Crippen molar-refractivity contribution in [1.82, 2.24) is 10.2 Å². The first-order valence-electron chi connectivity index (χ1n) is 6.95. The quantitative estimate of drug-likeness (QED) is 0.506. The first-order valence-corrected chi connectivity index (χ1v) is 6.95. The van der Waals surface area contributed by atoms with Crippen LogP contribution in [0.15, 0.2) is 0 Å². The van der Waals surface area contributed by atoms with Gasteiger partial charge in [-0.15, -0.1) is 0 Å². The van der Waals surface area contributed by atoms with Gasteiger partial charge in [-0.1, -0.05) is 13.8 Å². The smallest absolute Gasteiger partial charge is 0.307 e. The van der Waals surface area contributed by atoms with Crippen LogP contribution in [0.4, 0.5) is 0 Å². The highest BCUT2D eigenvalue weighted by atomic mass is 16.5. The number of rotatable bonds is 9. The number of carbonyl (C=O) groups excluding carboxylic acids is 3. The first kappa shape index (κ1) is 18.4. The Morgan fingerprint density at radius 2 is 1.85 bits per heavy atom. The van der Waals surface area contributed by atoms with E-state index in [0.717, 1.165) is 0 Å². The van der Waals surface area contributed by atoms with Crippen LogP contribution in [0.25, 0.3) is 0 Å². The number of nitrogens with zero attached hydrogens (tertiary/aromatic N) is 1. The van der Waals surface area contributed by atoms with Crippen LogP contribution in [0.2, 0.25) is 0 Å². The standard InChI is InChI=1S/C14H26N2O4/c1-11(2)10-13(18)16(9-6-14(19)20-4)8-5-7-15-12(3)17/h11H,5-10H2,1-4H3,(H,15,17). The monoisotopic (exact) mass is 286 g/mol. The lowest BCUT2D eigenvalue weighted by atomic mass is 10.1. The lowest BCUT2D eigenvalue weighted by Crippen LogP contribution is -2.36. The predicted octanol–water partition coefficient (Wildman–Crippen LogP) is 0.950. The van der Waals surface area contributed by atoms with Gasteiger partial charge in [0.15, 0.2) is 0 Å². The first-order chi connectivity index (χ1) is 9.36. The molecule has 6 nitrogen and oxygen atoms in total.